The third kappa shape index (κ3) is 2.58. The van der Waals surface area contributed by atoms with E-state index < -0.39 is 34.4 Å². The monoisotopic (exact) mass is 279 g/mol. The molecule has 0 atom stereocenters. The topological polar surface area (TPSA) is 115 Å². The fraction of sp³-hybridized carbons (Fsp3) is 0.0833. The van der Waals surface area contributed by atoms with Gasteiger partial charge in [-0.15, -0.1) is 0 Å². The zero-order chi connectivity index (χ0) is 14.9. The third-order valence-corrected chi connectivity index (χ3v) is 2.52. The van der Waals surface area contributed by atoms with Gasteiger partial charge in [-0.25, -0.2) is 9.18 Å². The molecule has 1 amide bonds. The molecule has 4 N–H and O–H groups in total. The SMILES string of the molecule is Cc1ccc(NC(=O)c2c(O)[nH]c(=O)[nH]c2=O)c(F)c1. The summed E-state index contributed by atoms with van der Waals surface area (Å²) < 4.78 is 13.6. The average Bonchev–Trinajstić information content (AvgIpc) is 2.31. The fourth-order valence-electron chi connectivity index (χ4n) is 1.59. The minimum atomic E-state index is -1.07. The number of hydrogen-bond donors (Lipinski definition) is 4. The van der Waals surface area contributed by atoms with Crippen molar-refractivity contribution in [2.45, 2.75) is 6.92 Å². The van der Waals surface area contributed by atoms with E-state index in [2.05, 4.69) is 5.32 Å². The summed E-state index contributed by atoms with van der Waals surface area (Å²) in [7, 11) is 0. The highest BCUT2D eigenvalue weighted by Crippen LogP contribution is 2.17. The molecule has 104 valence electrons. The van der Waals surface area contributed by atoms with E-state index >= 15 is 0 Å². The number of aromatic nitrogens is 2. The predicted octanol–water partition coefficient (Wildman–Crippen LogP) is 0.469. The lowest BCUT2D eigenvalue weighted by atomic mass is 10.2. The fourth-order valence-corrected chi connectivity index (χ4v) is 1.59. The molecule has 1 aromatic carbocycles. The van der Waals surface area contributed by atoms with Gasteiger partial charge in [-0.05, 0) is 24.6 Å². The Hall–Kier alpha value is -2.90. The number of carbonyl (C=O) groups is 1. The van der Waals surface area contributed by atoms with Crippen molar-refractivity contribution < 1.29 is 14.3 Å². The number of aromatic amines is 2. The number of hydrogen-bond acceptors (Lipinski definition) is 4. The maximum atomic E-state index is 13.6. The van der Waals surface area contributed by atoms with Gasteiger partial charge in [0.2, 0.25) is 5.88 Å². The molecule has 2 rings (SSSR count). The molecule has 0 aliphatic heterocycles. The van der Waals surface area contributed by atoms with Gasteiger partial charge in [0.25, 0.3) is 11.5 Å². The number of nitrogens with one attached hydrogen (secondary N) is 3. The normalized spacial score (nSPS) is 10.3. The van der Waals surface area contributed by atoms with Gasteiger partial charge in [0.1, 0.15) is 5.82 Å². The zero-order valence-corrected chi connectivity index (χ0v) is 10.3. The second-order valence-electron chi connectivity index (χ2n) is 4.07. The minimum Gasteiger partial charge on any atom is -0.494 e. The zero-order valence-electron chi connectivity index (χ0n) is 10.3. The number of halogens is 1. The van der Waals surface area contributed by atoms with Crippen LogP contribution in [0, 0.1) is 12.7 Å². The van der Waals surface area contributed by atoms with Crippen LogP contribution >= 0.6 is 0 Å². The number of benzene rings is 1. The highest BCUT2D eigenvalue weighted by Gasteiger charge is 2.18. The lowest BCUT2D eigenvalue weighted by molar-refractivity contribution is 0.102. The number of anilines is 1. The first kappa shape index (κ1) is 13.5. The van der Waals surface area contributed by atoms with E-state index in [-0.39, 0.29) is 5.69 Å². The van der Waals surface area contributed by atoms with E-state index in [1.807, 2.05) is 4.98 Å². The molecule has 0 spiro atoms. The molecule has 7 nitrogen and oxygen atoms in total. The van der Waals surface area contributed by atoms with Crippen LogP contribution in [0.3, 0.4) is 0 Å². The first-order chi connectivity index (χ1) is 9.38. The van der Waals surface area contributed by atoms with Crippen molar-refractivity contribution in [3.8, 4) is 5.88 Å². The van der Waals surface area contributed by atoms with Crippen molar-refractivity contribution in [1.82, 2.24) is 9.97 Å². The van der Waals surface area contributed by atoms with Gasteiger partial charge in [-0.1, -0.05) is 6.07 Å². The maximum Gasteiger partial charge on any atom is 0.328 e. The maximum absolute atomic E-state index is 13.6. The molecule has 0 saturated heterocycles. The van der Waals surface area contributed by atoms with E-state index in [0.29, 0.717) is 5.56 Å². The van der Waals surface area contributed by atoms with Crippen LogP contribution in [0.1, 0.15) is 15.9 Å². The highest BCUT2D eigenvalue weighted by atomic mass is 19.1. The van der Waals surface area contributed by atoms with Gasteiger partial charge in [0.05, 0.1) is 5.69 Å². The van der Waals surface area contributed by atoms with Gasteiger partial charge in [-0.3, -0.25) is 19.6 Å². The molecule has 2 aromatic rings. The molecule has 8 heteroatoms. The molecule has 0 radical (unpaired) electrons. The Morgan fingerprint density at radius 3 is 2.60 bits per heavy atom. The van der Waals surface area contributed by atoms with Crippen LogP contribution in [-0.2, 0) is 0 Å². The third-order valence-electron chi connectivity index (χ3n) is 2.52. The lowest BCUT2D eigenvalue weighted by Crippen LogP contribution is -2.30. The Balaban J connectivity index is 2.38. The molecule has 0 aliphatic rings. The Bertz CT molecular complexity index is 794. The van der Waals surface area contributed by atoms with E-state index in [1.54, 1.807) is 18.0 Å². The molecule has 1 heterocycles. The lowest BCUT2D eigenvalue weighted by Gasteiger charge is -2.07. The van der Waals surface area contributed by atoms with Gasteiger partial charge in [-0.2, -0.15) is 0 Å². The standard InChI is InChI=1S/C12H10FN3O4/c1-5-2-3-7(6(13)4-5)14-9(17)8-10(18)15-12(20)16-11(8)19/h2-4H,1H3,(H,14,17)(H3,15,16,18,19,20). The predicted molar refractivity (Wildman–Crippen MR) is 68.4 cm³/mol. The first-order valence-corrected chi connectivity index (χ1v) is 5.51. The summed E-state index contributed by atoms with van der Waals surface area (Å²) in [5.41, 5.74) is -2.22. The number of aromatic hydroxyl groups is 1. The molecular weight excluding hydrogens is 269 g/mol. The smallest absolute Gasteiger partial charge is 0.328 e. The number of H-pyrrole nitrogens is 2. The molecule has 0 fully saturated rings. The number of aryl methyl sites for hydroxylation is 1. The summed E-state index contributed by atoms with van der Waals surface area (Å²) in [4.78, 5) is 37.8. The van der Waals surface area contributed by atoms with Crippen molar-refractivity contribution in [3.05, 3.63) is 56.0 Å². The Kier molecular flexibility index (Phi) is 3.38. The number of carbonyl (C=O) groups excluding carboxylic acids is 1. The highest BCUT2D eigenvalue weighted by molar-refractivity contribution is 6.05. The molecule has 20 heavy (non-hydrogen) atoms. The molecular formula is C12H10FN3O4. The second-order valence-corrected chi connectivity index (χ2v) is 4.07. The van der Waals surface area contributed by atoms with Gasteiger partial charge in [0, 0.05) is 0 Å². The van der Waals surface area contributed by atoms with Crippen molar-refractivity contribution in [1.29, 1.82) is 0 Å². The van der Waals surface area contributed by atoms with Crippen LogP contribution in [0.5, 0.6) is 5.88 Å². The first-order valence-electron chi connectivity index (χ1n) is 5.51. The van der Waals surface area contributed by atoms with Gasteiger partial charge < -0.3 is 10.4 Å². The van der Waals surface area contributed by atoms with Crippen molar-refractivity contribution >= 4 is 11.6 Å². The molecule has 0 aliphatic carbocycles. The number of rotatable bonds is 2. The van der Waals surface area contributed by atoms with Crippen LogP contribution in [0.2, 0.25) is 0 Å². The van der Waals surface area contributed by atoms with E-state index in [4.69, 9.17) is 0 Å². The van der Waals surface area contributed by atoms with Crippen LogP contribution in [0.25, 0.3) is 0 Å². The summed E-state index contributed by atoms with van der Waals surface area (Å²) in [5.74, 6) is -2.61. The molecule has 1 aromatic heterocycles. The van der Waals surface area contributed by atoms with Crippen LogP contribution < -0.4 is 16.6 Å². The van der Waals surface area contributed by atoms with Crippen molar-refractivity contribution in [2.24, 2.45) is 0 Å². The summed E-state index contributed by atoms with van der Waals surface area (Å²) in [6.45, 7) is 1.67. The second kappa shape index (κ2) is 5.00. The summed E-state index contributed by atoms with van der Waals surface area (Å²) >= 11 is 0. The Labute approximate surface area is 111 Å². The van der Waals surface area contributed by atoms with Crippen LogP contribution in [0.4, 0.5) is 10.1 Å². The average molecular weight is 279 g/mol. The van der Waals surface area contributed by atoms with Gasteiger partial charge >= 0.3 is 5.69 Å². The van der Waals surface area contributed by atoms with E-state index in [9.17, 15) is 23.9 Å². The van der Waals surface area contributed by atoms with Crippen molar-refractivity contribution in [2.75, 3.05) is 5.32 Å². The Morgan fingerprint density at radius 2 is 2.00 bits per heavy atom. The largest absolute Gasteiger partial charge is 0.494 e. The minimum absolute atomic E-state index is 0.148. The summed E-state index contributed by atoms with van der Waals surface area (Å²) in [5, 5.41) is 11.5. The summed E-state index contributed by atoms with van der Waals surface area (Å²) in [6, 6.07) is 4.09. The van der Waals surface area contributed by atoms with Crippen LogP contribution in [0.15, 0.2) is 27.8 Å². The van der Waals surface area contributed by atoms with Crippen LogP contribution in [-0.4, -0.2) is 21.0 Å². The quantitative estimate of drug-likeness (QED) is 0.639. The molecule has 0 unspecified atom stereocenters. The molecule has 0 bridgehead atoms. The van der Waals surface area contributed by atoms with E-state index in [1.165, 1.54) is 12.1 Å². The van der Waals surface area contributed by atoms with Crippen molar-refractivity contribution in [3.63, 3.8) is 0 Å². The summed E-state index contributed by atoms with van der Waals surface area (Å²) in [6.07, 6.45) is 0. The number of amides is 1. The van der Waals surface area contributed by atoms with Gasteiger partial charge in [0.15, 0.2) is 5.56 Å². The molecule has 0 saturated carbocycles. The van der Waals surface area contributed by atoms with E-state index in [0.717, 1.165) is 0 Å². The Morgan fingerprint density at radius 1 is 1.30 bits per heavy atom.